The predicted octanol–water partition coefficient (Wildman–Crippen LogP) is 4.94. The molecule has 1 unspecified atom stereocenters. The van der Waals surface area contributed by atoms with Crippen molar-refractivity contribution in [2.45, 2.75) is 52.5 Å². The summed E-state index contributed by atoms with van der Waals surface area (Å²) in [6.07, 6.45) is 1.63. The average molecular weight is 411 g/mol. The van der Waals surface area contributed by atoms with E-state index in [0.29, 0.717) is 29.4 Å². The molecule has 6 nitrogen and oxygen atoms in total. The van der Waals surface area contributed by atoms with Crippen molar-refractivity contribution in [1.82, 2.24) is 4.90 Å². The lowest BCUT2D eigenvalue weighted by atomic mass is 9.95. The summed E-state index contributed by atoms with van der Waals surface area (Å²) >= 11 is 0. The molecule has 1 aromatic heterocycles. The molecule has 1 aliphatic rings. The first kappa shape index (κ1) is 21.7. The molecule has 1 aliphatic heterocycles. The van der Waals surface area contributed by atoms with Crippen LogP contribution in [0.1, 0.15) is 68.2 Å². The van der Waals surface area contributed by atoms with Crippen LogP contribution in [0.4, 0.5) is 0 Å². The first-order valence-corrected chi connectivity index (χ1v) is 10.3. The van der Waals surface area contributed by atoms with Crippen LogP contribution in [0.5, 0.6) is 5.75 Å². The summed E-state index contributed by atoms with van der Waals surface area (Å²) in [6.45, 7) is 8.30. The van der Waals surface area contributed by atoms with Crippen molar-refractivity contribution >= 4 is 17.4 Å². The number of Topliss-reactive ketones (excluding diaryl/α,β-unsaturated/α-hetero) is 1. The number of hydrogen-bond donors (Lipinski definition) is 1. The maximum absolute atomic E-state index is 13.0. The van der Waals surface area contributed by atoms with Gasteiger partial charge in [0.25, 0.3) is 11.7 Å². The van der Waals surface area contributed by atoms with Gasteiger partial charge in [0.15, 0.2) is 0 Å². The quantitative estimate of drug-likeness (QED) is 0.396. The normalized spacial score (nSPS) is 18.5. The number of amides is 1. The van der Waals surface area contributed by atoms with Gasteiger partial charge in [-0.25, -0.2) is 0 Å². The molecular formula is C24H29NO5. The number of hydrogen-bond acceptors (Lipinski definition) is 5. The second-order valence-corrected chi connectivity index (χ2v) is 7.91. The van der Waals surface area contributed by atoms with Crippen LogP contribution in [0.15, 0.2) is 40.3 Å². The zero-order valence-electron chi connectivity index (χ0n) is 18.2. The van der Waals surface area contributed by atoms with Crippen LogP contribution in [-0.4, -0.2) is 35.4 Å². The highest BCUT2D eigenvalue weighted by atomic mass is 16.5. The monoisotopic (exact) mass is 411 g/mol. The first-order valence-electron chi connectivity index (χ1n) is 10.3. The Morgan fingerprint density at radius 1 is 1.23 bits per heavy atom. The Morgan fingerprint density at radius 2 is 1.97 bits per heavy atom. The largest absolute Gasteiger partial charge is 0.507 e. The molecule has 0 spiro atoms. The number of furan rings is 1. The van der Waals surface area contributed by atoms with Crippen LogP contribution < -0.4 is 4.74 Å². The molecule has 2 heterocycles. The van der Waals surface area contributed by atoms with Gasteiger partial charge >= 0.3 is 0 Å². The predicted molar refractivity (Wildman–Crippen MR) is 114 cm³/mol. The lowest BCUT2D eigenvalue weighted by Gasteiger charge is -2.23. The van der Waals surface area contributed by atoms with E-state index >= 15 is 0 Å². The van der Waals surface area contributed by atoms with Crippen LogP contribution in [0.3, 0.4) is 0 Å². The number of aryl methyl sites for hydroxylation is 1. The van der Waals surface area contributed by atoms with Crippen molar-refractivity contribution in [1.29, 1.82) is 0 Å². The molecule has 0 bridgehead atoms. The third kappa shape index (κ3) is 3.86. The summed E-state index contributed by atoms with van der Waals surface area (Å²) in [6, 6.07) is 8.08. The zero-order valence-corrected chi connectivity index (χ0v) is 18.2. The number of benzene rings is 1. The van der Waals surface area contributed by atoms with E-state index < -0.39 is 17.7 Å². The molecule has 1 amide bonds. The lowest BCUT2D eigenvalue weighted by Crippen LogP contribution is -2.30. The Morgan fingerprint density at radius 3 is 2.53 bits per heavy atom. The van der Waals surface area contributed by atoms with Gasteiger partial charge in [-0.1, -0.05) is 27.2 Å². The fourth-order valence-corrected chi connectivity index (χ4v) is 3.82. The highest BCUT2D eigenvalue weighted by molar-refractivity contribution is 6.46. The van der Waals surface area contributed by atoms with E-state index in [2.05, 4.69) is 0 Å². The number of ketones is 1. The number of ether oxygens (including phenoxy) is 1. The molecule has 1 aromatic carbocycles. The van der Waals surface area contributed by atoms with Gasteiger partial charge in [-0.2, -0.15) is 0 Å². The van der Waals surface area contributed by atoms with Gasteiger partial charge < -0.3 is 19.2 Å². The molecule has 0 radical (unpaired) electrons. The Balaban J connectivity index is 2.17. The zero-order chi connectivity index (χ0) is 22.0. The van der Waals surface area contributed by atoms with E-state index in [4.69, 9.17) is 9.15 Å². The molecule has 0 saturated carbocycles. The molecule has 1 fully saturated rings. The van der Waals surface area contributed by atoms with Gasteiger partial charge in [0.1, 0.15) is 29.1 Å². The number of carbonyl (C=O) groups excluding carboxylic acids is 2. The Kier molecular flexibility index (Phi) is 6.34. The molecule has 2 aromatic rings. The number of aliphatic hydroxyl groups excluding tert-OH is 1. The fraction of sp³-hybridized carbons (Fsp3) is 0.417. The van der Waals surface area contributed by atoms with E-state index in [-0.39, 0.29) is 17.3 Å². The summed E-state index contributed by atoms with van der Waals surface area (Å²) in [5, 5.41) is 11.2. The second-order valence-electron chi connectivity index (χ2n) is 7.91. The van der Waals surface area contributed by atoms with Gasteiger partial charge in [0, 0.05) is 12.1 Å². The summed E-state index contributed by atoms with van der Waals surface area (Å²) < 4.78 is 11.2. The van der Waals surface area contributed by atoms with Gasteiger partial charge in [0.05, 0.1) is 12.7 Å². The number of likely N-dealkylation sites (tertiary alicyclic amines) is 1. The molecule has 1 atom stereocenters. The third-order valence-corrected chi connectivity index (χ3v) is 5.45. The molecule has 1 saturated heterocycles. The molecule has 6 heteroatoms. The minimum atomic E-state index is -0.741. The molecular weight excluding hydrogens is 382 g/mol. The molecule has 1 N–H and O–H groups in total. The first-order chi connectivity index (χ1) is 14.3. The average Bonchev–Trinajstić information content (AvgIpc) is 3.26. The maximum atomic E-state index is 13.0. The van der Waals surface area contributed by atoms with E-state index in [1.807, 2.05) is 26.8 Å². The Labute approximate surface area is 177 Å². The van der Waals surface area contributed by atoms with Gasteiger partial charge in [-0.05, 0) is 55.2 Å². The summed E-state index contributed by atoms with van der Waals surface area (Å²) in [7, 11) is 1.60. The van der Waals surface area contributed by atoms with E-state index in [1.54, 1.807) is 38.3 Å². The topological polar surface area (TPSA) is 80.0 Å². The summed E-state index contributed by atoms with van der Waals surface area (Å²) in [4.78, 5) is 27.2. The van der Waals surface area contributed by atoms with Crippen molar-refractivity contribution < 1.29 is 23.8 Å². The van der Waals surface area contributed by atoms with Crippen LogP contribution in [0.2, 0.25) is 0 Å². The van der Waals surface area contributed by atoms with E-state index in [1.165, 1.54) is 4.90 Å². The van der Waals surface area contributed by atoms with Gasteiger partial charge in [-0.15, -0.1) is 0 Å². The van der Waals surface area contributed by atoms with Crippen molar-refractivity contribution in [3.8, 4) is 5.75 Å². The standard InChI is InChI=1S/C24H29NO5/c1-6-7-12-25-21(19-10-8-15(4)30-19)20(23(27)24(25)28)22(26)16-9-11-18(29-5)17(13-16)14(2)3/h8-11,13-14,21,26H,6-7,12H2,1-5H3/b22-20-. The smallest absolute Gasteiger partial charge is 0.295 e. The molecule has 30 heavy (non-hydrogen) atoms. The van der Waals surface area contributed by atoms with Crippen LogP contribution in [0.25, 0.3) is 5.76 Å². The van der Waals surface area contributed by atoms with Crippen LogP contribution in [0, 0.1) is 6.92 Å². The number of aliphatic hydroxyl groups is 1. The van der Waals surface area contributed by atoms with Gasteiger partial charge in [0.2, 0.25) is 0 Å². The number of carbonyl (C=O) groups is 2. The van der Waals surface area contributed by atoms with Crippen molar-refractivity contribution in [2.75, 3.05) is 13.7 Å². The van der Waals surface area contributed by atoms with E-state index in [0.717, 1.165) is 18.4 Å². The van der Waals surface area contributed by atoms with Crippen molar-refractivity contribution in [2.24, 2.45) is 0 Å². The number of methoxy groups -OCH3 is 1. The minimum absolute atomic E-state index is 0.0605. The van der Waals surface area contributed by atoms with Crippen LogP contribution >= 0.6 is 0 Å². The maximum Gasteiger partial charge on any atom is 0.295 e. The third-order valence-electron chi connectivity index (χ3n) is 5.45. The number of nitrogens with zero attached hydrogens (tertiary/aromatic N) is 1. The molecule has 3 rings (SSSR count). The molecule has 160 valence electrons. The Hall–Kier alpha value is -3.02. The second kappa shape index (κ2) is 8.78. The lowest BCUT2D eigenvalue weighted by molar-refractivity contribution is -0.140. The fourth-order valence-electron chi connectivity index (χ4n) is 3.82. The number of unbranched alkanes of at least 4 members (excludes halogenated alkanes) is 1. The van der Waals surface area contributed by atoms with Gasteiger partial charge in [-0.3, -0.25) is 9.59 Å². The number of rotatable bonds is 7. The van der Waals surface area contributed by atoms with Crippen molar-refractivity contribution in [3.63, 3.8) is 0 Å². The van der Waals surface area contributed by atoms with Crippen LogP contribution in [-0.2, 0) is 9.59 Å². The SMILES string of the molecule is CCCCN1C(=O)C(=O)/C(=C(\O)c2ccc(OC)c(C(C)C)c2)C1c1ccc(C)o1. The highest BCUT2D eigenvalue weighted by Crippen LogP contribution is 2.41. The highest BCUT2D eigenvalue weighted by Gasteiger charge is 2.47. The summed E-state index contributed by atoms with van der Waals surface area (Å²) in [5.41, 5.74) is 1.44. The summed E-state index contributed by atoms with van der Waals surface area (Å²) in [5.74, 6) is 0.521. The van der Waals surface area contributed by atoms with Crippen molar-refractivity contribution in [3.05, 3.63) is 58.6 Å². The minimum Gasteiger partial charge on any atom is -0.507 e. The molecule has 0 aliphatic carbocycles. The van der Waals surface area contributed by atoms with E-state index in [9.17, 15) is 14.7 Å². The Bertz CT molecular complexity index is 985.